The van der Waals surface area contributed by atoms with Crippen LogP contribution in [0, 0.1) is 0 Å². The number of fused-ring (bicyclic) bond motifs is 1. The Morgan fingerprint density at radius 3 is 2.64 bits per heavy atom. The number of carbonyl (C=O) groups excluding carboxylic acids is 2. The van der Waals surface area contributed by atoms with E-state index in [0.717, 1.165) is 30.8 Å². The zero-order valence-electron chi connectivity index (χ0n) is 15.3. The molecule has 0 spiro atoms. The van der Waals surface area contributed by atoms with E-state index < -0.39 is 5.91 Å². The molecule has 0 saturated carbocycles. The van der Waals surface area contributed by atoms with Crippen LogP contribution in [0.4, 0.5) is 5.69 Å². The van der Waals surface area contributed by atoms with E-state index in [2.05, 4.69) is 21.9 Å². The Morgan fingerprint density at radius 2 is 1.79 bits per heavy atom. The molecule has 2 N–H and O–H groups in total. The Labute approximate surface area is 163 Å². The van der Waals surface area contributed by atoms with Crippen LogP contribution in [0.15, 0.2) is 67.1 Å². The maximum Gasteiger partial charge on any atom is 0.288 e. The maximum atomic E-state index is 12.5. The highest BCUT2D eigenvalue weighted by Gasteiger charge is 2.19. The van der Waals surface area contributed by atoms with Crippen LogP contribution in [0.5, 0.6) is 0 Å². The Balaban J connectivity index is 1.38. The molecule has 0 unspecified atom stereocenters. The molecule has 3 aromatic rings. The zero-order chi connectivity index (χ0) is 19.3. The summed E-state index contributed by atoms with van der Waals surface area (Å²) in [4.78, 5) is 30.9. The Bertz CT molecular complexity index is 983. The number of anilines is 1. The molecule has 0 saturated heterocycles. The summed E-state index contributed by atoms with van der Waals surface area (Å²) in [7, 11) is 0. The van der Waals surface area contributed by atoms with Crippen molar-refractivity contribution < 1.29 is 9.59 Å². The molecule has 2 heterocycles. The molecule has 7 nitrogen and oxygen atoms in total. The minimum atomic E-state index is -0.422. The highest BCUT2D eigenvalue weighted by Crippen LogP contribution is 2.26. The summed E-state index contributed by atoms with van der Waals surface area (Å²) in [5.41, 5.74) is 8.48. The van der Waals surface area contributed by atoms with Gasteiger partial charge in [0, 0.05) is 17.9 Å². The van der Waals surface area contributed by atoms with Crippen molar-refractivity contribution in [3.63, 3.8) is 0 Å². The van der Waals surface area contributed by atoms with Crippen molar-refractivity contribution in [2.24, 2.45) is 0 Å². The molecule has 0 fully saturated rings. The number of aryl methyl sites for hydroxylation is 1. The molecule has 7 heteroatoms. The third-order valence-electron chi connectivity index (χ3n) is 4.76. The van der Waals surface area contributed by atoms with Crippen LogP contribution in [0.1, 0.15) is 22.5 Å². The van der Waals surface area contributed by atoms with Gasteiger partial charge in [-0.25, -0.2) is 4.98 Å². The van der Waals surface area contributed by atoms with E-state index in [0.29, 0.717) is 5.69 Å². The van der Waals surface area contributed by atoms with Crippen LogP contribution in [-0.4, -0.2) is 34.5 Å². The predicted octanol–water partition coefficient (Wildman–Crippen LogP) is 2.09. The first kappa shape index (κ1) is 17.8. The summed E-state index contributed by atoms with van der Waals surface area (Å²) in [6.07, 6.45) is 5.06. The smallest absolute Gasteiger partial charge is 0.288 e. The molecule has 4 rings (SSSR count). The van der Waals surface area contributed by atoms with Crippen LogP contribution in [0.2, 0.25) is 0 Å². The standard InChI is InChI=1S/C21H21N5O2/c27-20(14-25-12-6-8-16-7-4-5-11-18(16)25)23-24-21(28)19-13-22-15-26(19)17-9-2-1-3-10-17/h1-5,7,9-11,13,15H,6,8,12,14H2,(H,23,27)(H,24,28). The van der Waals surface area contributed by atoms with E-state index in [1.807, 2.05) is 53.4 Å². The molecule has 0 atom stereocenters. The molecule has 2 amide bonds. The fourth-order valence-corrected chi connectivity index (χ4v) is 3.44. The fraction of sp³-hybridized carbons (Fsp3) is 0.190. The lowest BCUT2D eigenvalue weighted by molar-refractivity contribution is -0.120. The molecule has 0 bridgehead atoms. The average Bonchev–Trinajstić information content (AvgIpc) is 3.23. The summed E-state index contributed by atoms with van der Waals surface area (Å²) >= 11 is 0. The molecule has 0 aliphatic carbocycles. The zero-order valence-corrected chi connectivity index (χ0v) is 15.3. The van der Waals surface area contributed by atoms with Crippen molar-refractivity contribution >= 4 is 17.5 Å². The Morgan fingerprint density at radius 1 is 1.00 bits per heavy atom. The summed E-state index contributed by atoms with van der Waals surface area (Å²) in [6, 6.07) is 17.5. The van der Waals surface area contributed by atoms with Crippen LogP contribution in [0.25, 0.3) is 5.69 Å². The van der Waals surface area contributed by atoms with Gasteiger partial charge >= 0.3 is 0 Å². The Hall–Kier alpha value is -3.61. The number of amides is 2. The average molecular weight is 375 g/mol. The lowest BCUT2D eigenvalue weighted by Gasteiger charge is -2.30. The number of hydrogen-bond acceptors (Lipinski definition) is 4. The number of aromatic nitrogens is 2. The Kier molecular flexibility index (Phi) is 5.05. The normalized spacial score (nSPS) is 12.9. The van der Waals surface area contributed by atoms with Crippen molar-refractivity contribution in [2.45, 2.75) is 12.8 Å². The first-order valence-electron chi connectivity index (χ1n) is 9.22. The molecule has 0 radical (unpaired) electrons. The van der Waals surface area contributed by atoms with Crippen molar-refractivity contribution in [3.8, 4) is 5.69 Å². The van der Waals surface area contributed by atoms with Gasteiger partial charge in [0.25, 0.3) is 11.8 Å². The molecular formula is C21H21N5O2. The number of nitrogens with zero attached hydrogens (tertiary/aromatic N) is 3. The quantitative estimate of drug-likeness (QED) is 0.685. The van der Waals surface area contributed by atoms with Gasteiger partial charge in [-0.1, -0.05) is 36.4 Å². The summed E-state index contributed by atoms with van der Waals surface area (Å²) in [6.45, 7) is 1.01. The third-order valence-corrected chi connectivity index (χ3v) is 4.76. The molecule has 1 aliphatic heterocycles. The van der Waals surface area contributed by atoms with Gasteiger partial charge in [-0.3, -0.25) is 25.0 Å². The number of nitrogens with one attached hydrogen (secondary N) is 2. The lowest BCUT2D eigenvalue weighted by Crippen LogP contribution is -2.47. The number of imidazole rings is 1. The molecule has 2 aromatic carbocycles. The summed E-state index contributed by atoms with van der Waals surface area (Å²) in [5, 5.41) is 0. The van der Waals surface area contributed by atoms with Gasteiger partial charge in [0.05, 0.1) is 19.1 Å². The van der Waals surface area contributed by atoms with Gasteiger partial charge in [-0.15, -0.1) is 0 Å². The van der Waals surface area contributed by atoms with Gasteiger partial charge < -0.3 is 4.90 Å². The lowest BCUT2D eigenvalue weighted by atomic mass is 10.0. The summed E-state index contributed by atoms with van der Waals surface area (Å²) < 4.78 is 1.67. The summed E-state index contributed by atoms with van der Waals surface area (Å²) in [5.74, 6) is -0.690. The van der Waals surface area contributed by atoms with E-state index >= 15 is 0 Å². The number of para-hydroxylation sites is 2. The number of hydrazine groups is 1. The van der Waals surface area contributed by atoms with Crippen molar-refractivity contribution in [1.29, 1.82) is 0 Å². The molecule has 1 aromatic heterocycles. The van der Waals surface area contributed by atoms with Gasteiger partial charge in [0.2, 0.25) is 0 Å². The molecule has 1 aliphatic rings. The van der Waals surface area contributed by atoms with Gasteiger partial charge in [0.15, 0.2) is 0 Å². The number of rotatable bonds is 4. The SMILES string of the molecule is O=C(CN1CCCc2ccccc21)NNC(=O)c1cncn1-c1ccccc1. The molecular weight excluding hydrogens is 354 g/mol. The predicted molar refractivity (Wildman–Crippen MR) is 106 cm³/mol. The van der Waals surface area contributed by atoms with Gasteiger partial charge in [-0.05, 0) is 36.6 Å². The highest BCUT2D eigenvalue weighted by atomic mass is 16.2. The number of hydrogen-bond donors (Lipinski definition) is 2. The van der Waals surface area contributed by atoms with Crippen molar-refractivity contribution in [2.75, 3.05) is 18.0 Å². The van der Waals surface area contributed by atoms with Crippen molar-refractivity contribution in [3.05, 3.63) is 78.4 Å². The largest absolute Gasteiger partial charge is 0.362 e. The van der Waals surface area contributed by atoms with Gasteiger partial charge in [-0.2, -0.15) is 0 Å². The van der Waals surface area contributed by atoms with Crippen LogP contribution in [0.3, 0.4) is 0 Å². The van der Waals surface area contributed by atoms with Gasteiger partial charge in [0.1, 0.15) is 5.69 Å². The number of benzene rings is 2. The first-order chi connectivity index (χ1) is 13.7. The maximum absolute atomic E-state index is 12.5. The van der Waals surface area contributed by atoms with Crippen LogP contribution < -0.4 is 15.8 Å². The third kappa shape index (κ3) is 3.73. The monoisotopic (exact) mass is 375 g/mol. The molecule has 142 valence electrons. The van der Waals surface area contributed by atoms with Crippen molar-refractivity contribution in [1.82, 2.24) is 20.4 Å². The second kappa shape index (κ2) is 7.96. The minimum Gasteiger partial charge on any atom is -0.362 e. The fourth-order valence-electron chi connectivity index (χ4n) is 3.44. The minimum absolute atomic E-state index is 0.190. The number of carbonyl (C=O) groups is 2. The van der Waals surface area contributed by atoms with E-state index in [1.165, 1.54) is 11.8 Å². The van der Waals surface area contributed by atoms with E-state index in [9.17, 15) is 9.59 Å². The van der Waals surface area contributed by atoms with Crippen LogP contribution in [-0.2, 0) is 11.2 Å². The first-order valence-corrected chi connectivity index (χ1v) is 9.22. The van der Waals surface area contributed by atoms with E-state index in [-0.39, 0.29) is 12.5 Å². The highest BCUT2D eigenvalue weighted by molar-refractivity contribution is 5.94. The second-order valence-corrected chi connectivity index (χ2v) is 6.64. The van der Waals surface area contributed by atoms with E-state index in [1.54, 1.807) is 10.9 Å². The van der Waals surface area contributed by atoms with E-state index in [4.69, 9.17) is 0 Å². The van der Waals surface area contributed by atoms with Crippen LogP contribution >= 0.6 is 0 Å². The molecule has 28 heavy (non-hydrogen) atoms. The topological polar surface area (TPSA) is 79.3 Å². The second-order valence-electron chi connectivity index (χ2n) is 6.64.